The lowest BCUT2D eigenvalue weighted by Crippen LogP contribution is -2.35. The lowest BCUT2D eigenvalue weighted by molar-refractivity contribution is -0.119. The highest BCUT2D eigenvalue weighted by Gasteiger charge is 2.07. The van der Waals surface area contributed by atoms with Gasteiger partial charge in [0.15, 0.2) is 0 Å². The maximum Gasteiger partial charge on any atom is 0.239 e. The van der Waals surface area contributed by atoms with Crippen LogP contribution in [0.15, 0.2) is 18.3 Å². The predicted molar refractivity (Wildman–Crippen MR) is 76.5 cm³/mol. The molecule has 0 aliphatic heterocycles. The number of amides is 1. The van der Waals surface area contributed by atoms with E-state index in [1.807, 2.05) is 7.05 Å². The Kier molecular flexibility index (Phi) is 7.22. The number of aliphatic hydroxyl groups is 1. The van der Waals surface area contributed by atoms with E-state index >= 15 is 0 Å². The van der Waals surface area contributed by atoms with E-state index in [0.29, 0.717) is 17.4 Å². The first-order chi connectivity index (χ1) is 9.13. The van der Waals surface area contributed by atoms with Crippen LogP contribution < -0.4 is 10.2 Å². The van der Waals surface area contributed by atoms with Gasteiger partial charge in [0, 0.05) is 26.4 Å². The van der Waals surface area contributed by atoms with Gasteiger partial charge in [-0.1, -0.05) is 11.6 Å². The molecule has 6 heteroatoms. The number of aromatic nitrogens is 1. The molecule has 0 spiro atoms. The van der Waals surface area contributed by atoms with Crippen molar-refractivity contribution >= 4 is 23.3 Å². The lowest BCUT2D eigenvalue weighted by atomic mass is 10.2. The van der Waals surface area contributed by atoms with Crippen LogP contribution in [0.4, 0.5) is 5.82 Å². The van der Waals surface area contributed by atoms with Crippen molar-refractivity contribution in [3.8, 4) is 0 Å². The minimum Gasteiger partial charge on any atom is -0.396 e. The molecule has 106 valence electrons. The highest BCUT2D eigenvalue weighted by Crippen LogP contribution is 2.12. The Hall–Kier alpha value is -1.33. The molecule has 2 N–H and O–H groups in total. The maximum atomic E-state index is 11.7. The number of hydrogen-bond donors (Lipinski definition) is 2. The van der Waals surface area contributed by atoms with E-state index in [1.165, 1.54) is 0 Å². The molecular formula is C13H20ClN3O2. The summed E-state index contributed by atoms with van der Waals surface area (Å²) in [5, 5.41) is 12.0. The Morgan fingerprint density at radius 2 is 2.21 bits per heavy atom. The smallest absolute Gasteiger partial charge is 0.239 e. The van der Waals surface area contributed by atoms with Gasteiger partial charge in [0.2, 0.25) is 5.91 Å². The second-order valence-corrected chi connectivity index (χ2v) is 4.76. The van der Waals surface area contributed by atoms with Crippen LogP contribution in [0.1, 0.15) is 19.3 Å². The van der Waals surface area contributed by atoms with Gasteiger partial charge in [-0.2, -0.15) is 0 Å². The second kappa shape index (κ2) is 8.72. The summed E-state index contributed by atoms with van der Waals surface area (Å²) < 4.78 is 0. The van der Waals surface area contributed by atoms with Gasteiger partial charge in [-0.25, -0.2) is 4.98 Å². The molecule has 0 bridgehead atoms. The number of unbranched alkanes of at least 4 members (excludes halogenated alkanes) is 2. The van der Waals surface area contributed by atoms with Crippen LogP contribution in [-0.2, 0) is 4.79 Å². The first-order valence-corrected chi connectivity index (χ1v) is 6.71. The van der Waals surface area contributed by atoms with E-state index in [0.717, 1.165) is 19.3 Å². The third-order valence-corrected chi connectivity index (χ3v) is 2.86. The van der Waals surface area contributed by atoms with Crippen molar-refractivity contribution in [3.63, 3.8) is 0 Å². The first kappa shape index (κ1) is 15.7. The number of nitrogens with zero attached hydrogens (tertiary/aromatic N) is 2. The molecule has 19 heavy (non-hydrogen) atoms. The summed E-state index contributed by atoms with van der Waals surface area (Å²) in [6.45, 7) is 1.11. The first-order valence-electron chi connectivity index (χ1n) is 6.33. The number of anilines is 1. The number of nitrogens with one attached hydrogen (secondary N) is 1. The topological polar surface area (TPSA) is 65.5 Å². The Balaban J connectivity index is 2.26. The van der Waals surface area contributed by atoms with Gasteiger partial charge < -0.3 is 15.3 Å². The van der Waals surface area contributed by atoms with Crippen LogP contribution >= 0.6 is 11.6 Å². The van der Waals surface area contributed by atoms with E-state index in [2.05, 4.69) is 10.3 Å². The normalized spacial score (nSPS) is 10.3. The fraction of sp³-hybridized carbons (Fsp3) is 0.538. The molecule has 1 aromatic heterocycles. The summed E-state index contributed by atoms with van der Waals surface area (Å²) in [6, 6.07) is 3.52. The van der Waals surface area contributed by atoms with Crippen LogP contribution in [0, 0.1) is 0 Å². The van der Waals surface area contributed by atoms with Gasteiger partial charge in [-0.3, -0.25) is 4.79 Å². The number of pyridine rings is 1. The number of carbonyl (C=O) groups excluding carboxylic acids is 1. The van der Waals surface area contributed by atoms with E-state index in [-0.39, 0.29) is 19.1 Å². The standard InChI is InChI=1S/C13H20ClN3O2/c1-17(12-6-5-11(14)9-16-12)10-13(19)15-7-3-2-4-8-18/h5-6,9,18H,2-4,7-8,10H2,1H3,(H,15,19). The number of halogens is 1. The van der Waals surface area contributed by atoms with Crippen molar-refractivity contribution in [2.24, 2.45) is 0 Å². The molecule has 1 aromatic rings. The molecule has 1 heterocycles. The van der Waals surface area contributed by atoms with Crippen LogP contribution in [0.5, 0.6) is 0 Å². The Labute approximate surface area is 118 Å². The number of aliphatic hydroxyl groups excluding tert-OH is 1. The average molecular weight is 286 g/mol. The van der Waals surface area contributed by atoms with E-state index in [1.54, 1.807) is 23.2 Å². The molecule has 0 saturated heterocycles. The molecule has 5 nitrogen and oxygen atoms in total. The Morgan fingerprint density at radius 1 is 1.42 bits per heavy atom. The van der Waals surface area contributed by atoms with Crippen LogP contribution in [0.25, 0.3) is 0 Å². The number of hydrogen-bond acceptors (Lipinski definition) is 4. The zero-order valence-electron chi connectivity index (χ0n) is 11.1. The molecule has 1 amide bonds. The predicted octanol–water partition coefficient (Wildman–Crippen LogP) is 1.45. The largest absolute Gasteiger partial charge is 0.396 e. The summed E-state index contributed by atoms with van der Waals surface area (Å²) in [5.41, 5.74) is 0. The monoisotopic (exact) mass is 285 g/mol. The summed E-state index contributed by atoms with van der Waals surface area (Å²) in [4.78, 5) is 17.6. The van der Waals surface area contributed by atoms with E-state index in [4.69, 9.17) is 16.7 Å². The van der Waals surface area contributed by atoms with Gasteiger partial charge in [0.1, 0.15) is 5.82 Å². The highest BCUT2D eigenvalue weighted by molar-refractivity contribution is 6.30. The number of likely N-dealkylation sites (N-methyl/N-ethyl adjacent to an activating group) is 1. The van der Waals surface area contributed by atoms with Crippen LogP contribution in [-0.4, -0.2) is 42.7 Å². The quantitative estimate of drug-likeness (QED) is 0.710. The van der Waals surface area contributed by atoms with Gasteiger partial charge >= 0.3 is 0 Å². The molecule has 0 saturated carbocycles. The molecular weight excluding hydrogens is 266 g/mol. The fourth-order valence-electron chi connectivity index (χ4n) is 1.59. The zero-order chi connectivity index (χ0) is 14.1. The third kappa shape index (κ3) is 6.40. The van der Waals surface area contributed by atoms with Crippen molar-refractivity contribution < 1.29 is 9.90 Å². The molecule has 0 radical (unpaired) electrons. The lowest BCUT2D eigenvalue weighted by Gasteiger charge is -2.17. The summed E-state index contributed by atoms with van der Waals surface area (Å²) in [6.07, 6.45) is 4.14. The number of rotatable bonds is 8. The van der Waals surface area contributed by atoms with Crippen molar-refractivity contribution in [1.29, 1.82) is 0 Å². The van der Waals surface area contributed by atoms with E-state index < -0.39 is 0 Å². The van der Waals surface area contributed by atoms with Crippen LogP contribution in [0.2, 0.25) is 5.02 Å². The molecule has 0 aliphatic carbocycles. The summed E-state index contributed by atoms with van der Waals surface area (Å²) in [5.74, 6) is 0.670. The van der Waals surface area contributed by atoms with Crippen molar-refractivity contribution in [2.45, 2.75) is 19.3 Å². The minimum atomic E-state index is -0.0387. The molecule has 0 aromatic carbocycles. The maximum absolute atomic E-state index is 11.7. The second-order valence-electron chi connectivity index (χ2n) is 4.32. The van der Waals surface area contributed by atoms with Crippen molar-refractivity contribution in [1.82, 2.24) is 10.3 Å². The zero-order valence-corrected chi connectivity index (χ0v) is 11.9. The van der Waals surface area contributed by atoms with Crippen LogP contribution in [0.3, 0.4) is 0 Å². The average Bonchev–Trinajstić information content (AvgIpc) is 2.39. The molecule has 0 unspecified atom stereocenters. The number of carbonyl (C=O) groups is 1. The Morgan fingerprint density at radius 3 is 2.84 bits per heavy atom. The SMILES string of the molecule is CN(CC(=O)NCCCCCO)c1ccc(Cl)cn1. The highest BCUT2D eigenvalue weighted by atomic mass is 35.5. The van der Waals surface area contributed by atoms with Gasteiger partial charge in [0.05, 0.1) is 11.6 Å². The van der Waals surface area contributed by atoms with Gasteiger partial charge in [0.25, 0.3) is 0 Å². The van der Waals surface area contributed by atoms with Gasteiger partial charge in [-0.15, -0.1) is 0 Å². The van der Waals surface area contributed by atoms with Crippen molar-refractivity contribution in [2.75, 3.05) is 31.6 Å². The van der Waals surface area contributed by atoms with Gasteiger partial charge in [-0.05, 0) is 31.4 Å². The summed E-state index contributed by atoms with van der Waals surface area (Å²) >= 11 is 5.75. The fourth-order valence-corrected chi connectivity index (χ4v) is 1.70. The minimum absolute atomic E-state index is 0.0387. The molecule has 1 rings (SSSR count). The third-order valence-electron chi connectivity index (χ3n) is 2.64. The Bertz CT molecular complexity index is 384. The van der Waals surface area contributed by atoms with Crippen molar-refractivity contribution in [3.05, 3.63) is 23.4 Å². The van der Waals surface area contributed by atoms with E-state index in [9.17, 15) is 4.79 Å². The summed E-state index contributed by atoms with van der Waals surface area (Å²) in [7, 11) is 1.81. The molecule has 0 aliphatic rings. The molecule has 0 atom stereocenters. The molecule has 0 fully saturated rings.